The van der Waals surface area contributed by atoms with Crippen molar-refractivity contribution in [2.24, 2.45) is 0 Å². The number of sulfonamides is 1. The number of aryl methyl sites for hydroxylation is 1. The third kappa shape index (κ3) is 5.44. The third-order valence-electron chi connectivity index (χ3n) is 7.39. The number of nitrogens with one attached hydrogen (secondary N) is 1. The summed E-state index contributed by atoms with van der Waals surface area (Å²) < 4.78 is 39.2. The molecule has 2 saturated heterocycles. The van der Waals surface area contributed by atoms with Gasteiger partial charge in [-0.15, -0.1) is 0 Å². The van der Waals surface area contributed by atoms with Gasteiger partial charge < -0.3 is 24.3 Å². The number of rotatable bonds is 8. The summed E-state index contributed by atoms with van der Waals surface area (Å²) >= 11 is 0. The van der Waals surface area contributed by atoms with Gasteiger partial charge in [-0.25, -0.2) is 8.42 Å². The molecule has 0 spiro atoms. The molecule has 5 rings (SSSR count). The second kappa shape index (κ2) is 11.1. The number of nitrogens with zero attached hydrogens (tertiary/aromatic N) is 3. The number of carbonyl (C=O) groups excluding carboxylic acids is 1. The second-order valence-electron chi connectivity index (χ2n) is 10.2. The molecular formula is C28H36N4O5S. The fourth-order valence-electron chi connectivity index (χ4n) is 5.30. The molecular weight excluding hydrogens is 504 g/mol. The minimum Gasteiger partial charge on any atom is -0.382 e. The molecule has 0 unspecified atom stereocenters. The average Bonchev–Trinajstić information content (AvgIpc) is 3.59. The Morgan fingerprint density at radius 1 is 1.13 bits per heavy atom. The number of H-pyrrole nitrogens is 1. The summed E-state index contributed by atoms with van der Waals surface area (Å²) in [4.78, 5) is 20.6. The summed E-state index contributed by atoms with van der Waals surface area (Å²) in [6.07, 6.45) is 2.02. The standard InChI is InChI=1S/C28H36N4O5S/c1-20-6-7-21-15-26(29-25(21)14-20)24-16-23(8-9-27(24)31-10-4-5-11-31)38(34,35)30(2)18-28(33)32-12-13-37-22(17-32)19-36-3/h6-9,14-16,22,29H,4-5,10-13,17-19H2,1-3H3/t22-/m1/s1. The van der Waals surface area contributed by atoms with E-state index in [1.165, 1.54) is 7.05 Å². The Kier molecular flexibility index (Phi) is 7.76. The van der Waals surface area contributed by atoms with E-state index in [2.05, 4.69) is 41.1 Å². The third-order valence-corrected chi connectivity index (χ3v) is 9.19. The maximum atomic E-state index is 13.6. The Balaban J connectivity index is 1.43. The molecule has 0 radical (unpaired) electrons. The normalized spacial score (nSPS) is 18.6. The highest BCUT2D eigenvalue weighted by Gasteiger charge is 2.30. The maximum Gasteiger partial charge on any atom is 0.243 e. The van der Waals surface area contributed by atoms with E-state index in [1.807, 2.05) is 6.07 Å². The molecule has 2 aliphatic heterocycles. The number of ether oxygens (including phenoxy) is 2. The molecule has 0 saturated carbocycles. The van der Waals surface area contributed by atoms with Gasteiger partial charge in [0.1, 0.15) is 0 Å². The molecule has 1 amide bonds. The van der Waals surface area contributed by atoms with E-state index in [4.69, 9.17) is 9.47 Å². The largest absolute Gasteiger partial charge is 0.382 e. The molecule has 3 heterocycles. The first-order valence-electron chi connectivity index (χ1n) is 13.1. The number of anilines is 1. The van der Waals surface area contributed by atoms with Crippen LogP contribution in [0, 0.1) is 6.92 Å². The SMILES string of the molecule is COC[C@H]1CN(C(=O)CN(C)S(=O)(=O)c2ccc(N3CCCC3)c(-c3cc4ccc(C)cc4[nH]3)c2)CCO1. The molecule has 1 atom stereocenters. The molecule has 2 aromatic carbocycles. The first-order chi connectivity index (χ1) is 18.3. The quantitative estimate of drug-likeness (QED) is 0.472. The first kappa shape index (κ1) is 26.7. The Bertz CT molecular complexity index is 1410. The number of benzene rings is 2. The molecule has 2 aliphatic rings. The van der Waals surface area contributed by atoms with Gasteiger partial charge in [0.25, 0.3) is 0 Å². The summed E-state index contributed by atoms with van der Waals surface area (Å²) in [6, 6.07) is 13.6. The molecule has 9 nitrogen and oxygen atoms in total. The van der Waals surface area contributed by atoms with Crippen LogP contribution in [0.1, 0.15) is 18.4 Å². The molecule has 10 heteroatoms. The number of likely N-dealkylation sites (N-methyl/N-ethyl adjacent to an activating group) is 1. The van der Waals surface area contributed by atoms with E-state index in [9.17, 15) is 13.2 Å². The van der Waals surface area contributed by atoms with E-state index in [0.29, 0.717) is 26.3 Å². The lowest BCUT2D eigenvalue weighted by molar-refractivity contribution is -0.140. The zero-order valence-electron chi connectivity index (χ0n) is 22.3. The van der Waals surface area contributed by atoms with Crippen molar-refractivity contribution in [3.63, 3.8) is 0 Å². The molecule has 204 valence electrons. The fourth-order valence-corrected chi connectivity index (χ4v) is 6.45. The van der Waals surface area contributed by atoms with Crippen LogP contribution in [0.2, 0.25) is 0 Å². The Labute approximate surface area is 224 Å². The van der Waals surface area contributed by atoms with Crippen LogP contribution in [0.15, 0.2) is 47.4 Å². The monoisotopic (exact) mass is 540 g/mol. The number of morpholine rings is 1. The number of methoxy groups -OCH3 is 1. The van der Waals surface area contributed by atoms with Gasteiger partial charge >= 0.3 is 0 Å². The zero-order valence-corrected chi connectivity index (χ0v) is 23.1. The fraction of sp³-hybridized carbons (Fsp3) is 0.464. The molecule has 1 N–H and O–H groups in total. The van der Waals surface area contributed by atoms with Crippen molar-refractivity contribution in [3.8, 4) is 11.3 Å². The lowest BCUT2D eigenvalue weighted by Gasteiger charge is -2.33. The van der Waals surface area contributed by atoms with Crippen LogP contribution in [-0.4, -0.2) is 94.7 Å². The van der Waals surface area contributed by atoms with Gasteiger partial charge in [0.15, 0.2) is 0 Å². The predicted octanol–water partition coefficient (Wildman–Crippen LogP) is 3.24. The average molecular weight is 541 g/mol. The summed E-state index contributed by atoms with van der Waals surface area (Å²) in [5.74, 6) is -0.250. The van der Waals surface area contributed by atoms with Crippen LogP contribution in [0.4, 0.5) is 5.69 Å². The number of amides is 1. The van der Waals surface area contributed by atoms with Gasteiger partial charge in [0.2, 0.25) is 15.9 Å². The minimum atomic E-state index is -3.91. The Hall–Kier alpha value is -2.92. The van der Waals surface area contributed by atoms with Crippen LogP contribution >= 0.6 is 0 Å². The van der Waals surface area contributed by atoms with Crippen molar-refractivity contribution in [3.05, 3.63) is 48.0 Å². The van der Waals surface area contributed by atoms with Crippen molar-refractivity contribution < 1.29 is 22.7 Å². The summed E-state index contributed by atoms with van der Waals surface area (Å²) in [5, 5.41) is 1.08. The highest BCUT2D eigenvalue weighted by atomic mass is 32.2. The van der Waals surface area contributed by atoms with E-state index >= 15 is 0 Å². The highest BCUT2D eigenvalue weighted by Crippen LogP contribution is 2.36. The summed E-state index contributed by atoms with van der Waals surface area (Å²) in [7, 11) is -0.860. The van der Waals surface area contributed by atoms with Gasteiger partial charge in [-0.2, -0.15) is 4.31 Å². The Morgan fingerprint density at radius 3 is 2.68 bits per heavy atom. The maximum absolute atomic E-state index is 13.6. The van der Waals surface area contributed by atoms with Gasteiger partial charge in [-0.3, -0.25) is 4.79 Å². The van der Waals surface area contributed by atoms with E-state index < -0.39 is 10.0 Å². The smallest absolute Gasteiger partial charge is 0.243 e. The number of fused-ring (bicyclic) bond motifs is 1. The predicted molar refractivity (Wildman–Crippen MR) is 148 cm³/mol. The van der Waals surface area contributed by atoms with Crippen LogP contribution in [0.5, 0.6) is 0 Å². The summed E-state index contributed by atoms with van der Waals surface area (Å²) in [6.45, 7) is 5.30. The summed E-state index contributed by atoms with van der Waals surface area (Å²) in [5.41, 5.74) is 4.90. The number of aromatic nitrogens is 1. The highest BCUT2D eigenvalue weighted by molar-refractivity contribution is 7.89. The van der Waals surface area contributed by atoms with Crippen LogP contribution in [0.3, 0.4) is 0 Å². The van der Waals surface area contributed by atoms with E-state index in [1.54, 1.807) is 24.1 Å². The number of aromatic amines is 1. The van der Waals surface area contributed by atoms with Crippen LogP contribution < -0.4 is 4.90 Å². The molecule has 2 fully saturated rings. The van der Waals surface area contributed by atoms with Crippen molar-refractivity contribution >= 4 is 32.5 Å². The van der Waals surface area contributed by atoms with Gasteiger partial charge in [0.05, 0.1) is 30.8 Å². The Morgan fingerprint density at radius 2 is 1.92 bits per heavy atom. The molecule has 0 aliphatic carbocycles. The van der Waals surface area contributed by atoms with Gasteiger partial charge in [-0.1, -0.05) is 12.1 Å². The van der Waals surface area contributed by atoms with Crippen LogP contribution in [-0.2, 0) is 24.3 Å². The van der Waals surface area contributed by atoms with E-state index in [0.717, 1.165) is 63.6 Å². The lowest BCUT2D eigenvalue weighted by Crippen LogP contribution is -2.50. The van der Waals surface area contributed by atoms with Crippen molar-refractivity contribution in [1.29, 1.82) is 0 Å². The first-order valence-corrected chi connectivity index (χ1v) is 14.5. The van der Waals surface area contributed by atoms with Crippen molar-refractivity contribution in [2.75, 3.05) is 65.0 Å². The van der Waals surface area contributed by atoms with Crippen molar-refractivity contribution in [2.45, 2.75) is 30.8 Å². The number of hydrogen-bond donors (Lipinski definition) is 1. The molecule has 3 aromatic rings. The van der Waals surface area contributed by atoms with Gasteiger partial charge in [-0.05, 0) is 55.7 Å². The molecule has 38 heavy (non-hydrogen) atoms. The van der Waals surface area contributed by atoms with E-state index in [-0.39, 0.29) is 23.5 Å². The molecule has 1 aromatic heterocycles. The van der Waals surface area contributed by atoms with Crippen LogP contribution in [0.25, 0.3) is 22.2 Å². The lowest BCUT2D eigenvalue weighted by atomic mass is 10.1. The number of carbonyl (C=O) groups is 1. The molecule has 0 bridgehead atoms. The number of hydrogen-bond acceptors (Lipinski definition) is 6. The topological polar surface area (TPSA) is 95.2 Å². The van der Waals surface area contributed by atoms with Gasteiger partial charge in [0, 0.05) is 68.2 Å². The minimum absolute atomic E-state index is 0.167. The van der Waals surface area contributed by atoms with Crippen molar-refractivity contribution in [1.82, 2.24) is 14.2 Å². The second-order valence-corrected chi connectivity index (χ2v) is 12.2. The zero-order chi connectivity index (χ0) is 26.9.